The smallest absolute Gasteiger partial charge is 0.238 e. The minimum atomic E-state index is -1.16. The molecule has 1 aromatic heterocycles. The quantitative estimate of drug-likeness (QED) is 0.777. The number of carbonyl (C=O) groups is 1. The molecular formula is C19H17N3O. The molecule has 0 unspecified atom stereocenters. The third-order valence-corrected chi connectivity index (χ3v) is 3.95. The van der Waals surface area contributed by atoms with E-state index < -0.39 is 11.3 Å². The molecule has 0 bridgehead atoms. The van der Waals surface area contributed by atoms with E-state index in [-0.39, 0.29) is 0 Å². The average molecular weight is 303 g/mol. The van der Waals surface area contributed by atoms with Crippen molar-refractivity contribution in [3.05, 3.63) is 95.8 Å². The van der Waals surface area contributed by atoms with Crippen LogP contribution in [0.2, 0.25) is 0 Å². The molecule has 0 aliphatic carbocycles. The van der Waals surface area contributed by atoms with Crippen molar-refractivity contribution in [2.75, 3.05) is 5.73 Å². The molecule has 0 spiro atoms. The van der Waals surface area contributed by atoms with Crippen LogP contribution in [-0.2, 0) is 10.2 Å². The Morgan fingerprint density at radius 3 is 1.74 bits per heavy atom. The van der Waals surface area contributed by atoms with Crippen molar-refractivity contribution in [1.82, 2.24) is 4.98 Å². The van der Waals surface area contributed by atoms with E-state index in [0.29, 0.717) is 11.4 Å². The Morgan fingerprint density at radius 2 is 1.35 bits per heavy atom. The van der Waals surface area contributed by atoms with Gasteiger partial charge >= 0.3 is 0 Å². The molecule has 114 valence electrons. The Morgan fingerprint density at radius 1 is 0.826 bits per heavy atom. The summed E-state index contributed by atoms with van der Waals surface area (Å²) < 4.78 is 0. The SMILES string of the molecule is NC(=O)C(c1ccccc1)(c1ccccc1)c1ccc(N)cn1. The highest BCUT2D eigenvalue weighted by Gasteiger charge is 2.43. The number of anilines is 1. The summed E-state index contributed by atoms with van der Waals surface area (Å²) in [6.07, 6.45) is 1.54. The average Bonchev–Trinajstić information content (AvgIpc) is 2.59. The molecule has 1 amide bonds. The largest absolute Gasteiger partial charge is 0.397 e. The van der Waals surface area contributed by atoms with Crippen LogP contribution >= 0.6 is 0 Å². The van der Waals surface area contributed by atoms with Gasteiger partial charge in [-0.3, -0.25) is 9.78 Å². The lowest BCUT2D eigenvalue weighted by molar-refractivity contribution is -0.121. The van der Waals surface area contributed by atoms with E-state index in [0.717, 1.165) is 11.1 Å². The van der Waals surface area contributed by atoms with E-state index in [1.54, 1.807) is 18.3 Å². The highest BCUT2D eigenvalue weighted by atomic mass is 16.1. The highest BCUT2D eigenvalue weighted by Crippen LogP contribution is 2.38. The summed E-state index contributed by atoms with van der Waals surface area (Å²) in [5, 5.41) is 0. The fraction of sp³-hybridized carbons (Fsp3) is 0.0526. The van der Waals surface area contributed by atoms with Gasteiger partial charge in [-0.1, -0.05) is 60.7 Å². The van der Waals surface area contributed by atoms with Crippen LogP contribution in [-0.4, -0.2) is 10.9 Å². The predicted octanol–water partition coefficient (Wildman–Crippen LogP) is 2.48. The molecule has 23 heavy (non-hydrogen) atoms. The number of nitrogens with zero attached hydrogens (tertiary/aromatic N) is 1. The summed E-state index contributed by atoms with van der Waals surface area (Å²) >= 11 is 0. The van der Waals surface area contributed by atoms with Crippen molar-refractivity contribution < 1.29 is 4.79 Å². The maximum atomic E-state index is 12.7. The Hall–Kier alpha value is -3.14. The van der Waals surface area contributed by atoms with Gasteiger partial charge in [0.2, 0.25) is 5.91 Å². The number of nitrogens with two attached hydrogens (primary N) is 2. The summed E-state index contributed by atoms with van der Waals surface area (Å²) in [7, 11) is 0. The van der Waals surface area contributed by atoms with E-state index in [1.807, 2.05) is 60.7 Å². The van der Waals surface area contributed by atoms with Crippen LogP contribution in [0.5, 0.6) is 0 Å². The van der Waals surface area contributed by atoms with Crippen molar-refractivity contribution >= 4 is 11.6 Å². The first-order valence-electron chi connectivity index (χ1n) is 7.28. The van der Waals surface area contributed by atoms with Crippen LogP contribution < -0.4 is 11.5 Å². The Labute approximate surface area is 134 Å². The number of hydrogen-bond donors (Lipinski definition) is 2. The first-order chi connectivity index (χ1) is 11.2. The molecule has 4 heteroatoms. The predicted molar refractivity (Wildman–Crippen MR) is 90.6 cm³/mol. The van der Waals surface area contributed by atoms with Crippen LogP contribution in [0, 0.1) is 0 Å². The molecule has 4 nitrogen and oxygen atoms in total. The first kappa shape index (κ1) is 14.8. The zero-order valence-electron chi connectivity index (χ0n) is 12.5. The molecule has 3 rings (SSSR count). The number of carbonyl (C=O) groups excluding carboxylic acids is 1. The summed E-state index contributed by atoms with van der Waals surface area (Å²) in [4.78, 5) is 17.1. The molecule has 0 atom stereocenters. The van der Waals surface area contributed by atoms with Crippen molar-refractivity contribution in [3.8, 4) is 0 Å². The van der Waals surface area contributed by atoms with Crippen molar-refractivity contribution in [1.29, 1.82) is 0 Å². The van der Waals surface area contributed by atoms with Crippen LogP contribution in [0.3, 0.4) is 0 Å². The first-order valence-corrected chi connectivity index (χ1v) is 7.28. The topological polar surface area (TPSA) is 82.0 Å². The number of rotatable bonds is 4. The summed E-state index contributed by atoms with van der Waals surface area (Å²) in [5.41, 5.74) is 13.1. The van der Waals surface area contributed by atoms with Gasteiger partial charge in [-0.05, 0) is 23.3 Å². The molecule has 0 saturated heterocycles. The number of amides is 1. The molecule has 2 aromatic carbocycles. The van der Waals surface area contributed by atoms with Crippen molar-refractivity contribution in [2.45, 2.75) is 5.41 Å². The maximum Gasteiger partial charge on any atom is 0.238 e. The van der Waals surface area contributed by atoms with E-state index in [9.17, 15) is 4.79 Å². The van der Waals surface area contributed by atoms with Crippen LogP contribution in [0.1, 0.15) is 16.8 Å². The van der Waals surface area contributed by atoms with Gasteiger partial charge in [-0.15, -0.1) is 0 Å². The zero-order valence-corrected chi connectivity index (χ0v) is 12.5. The number of benzene rings is 2. The molecule has 4 N–H and O–H groups in total. The Kier molecular flexibility index (Phi) is 3.81. The lowest BCUT2D eigenvalue weighted by atomic mass is 9.71. The minimum absolute atomic E-state index is 0.479. The highest BCUT2D eigenvalue weighted by molar-refractivity contribution is 5.94. The number of aromatic nitrogens is 1. The van der Waals surface area contributed by atoms with Crippen molar-refractivity contribution in [3.63, 3.8) is 0 Å². The second kappa shape index (κ2) is 5.93. The zero-order chi connectivity index (χ0) is 16.3. The molecule has 0 radical (unpaired) electrons. The molecule has 3 aromatic rings. The van der Waals surface area contributed by atoms with E-state index in [4.69, 9.17) is 11.5 Å². The lowest BCUT2D eigenvalue weighted by Crippen LogP contribution is -2.44. The number of nitrogen functional groups attached to an aromatic ring is 1. The second-order valence-electron chi connectivity index (χ2n) is 5.32. The maximum absolute atomic E-state index is 12.7. The third kappa shape index (κ3) is 2.44. The Bertz CT molecular complexity index is 760. The number of primary amides is 1. The van der Waals surface area contributed by atoms with Crippen molar-refractivity contribution in [2.24, 2.45) is 5.73 Å². The molecule has 0 aliphatic rings. The monoisotopic (exact) mass is 303 g/mol. The van der Waals surface area contributed by atoms with Crippen LogP contribution in [0.25, 0.3) is 0 Å². The van der Waals surface area contributed by atoms with E-state index in [2.05, 4.69) is 4.98 Å². The standard InChI is InChI=1S/C19H17N3O/c20-16-11-12-17(22-13-16)19(18(21)23,14-7-3-1-4-8-14)15-9-5-2-6-10-15/h1-13H,20H2,(H2,21,23). The molecule has 1 heterocycles. The fourth-order valence-electron chi connectivity index (χ4n) is 2.88. The summed E-state index contributed by atoms with van der Waals surface area (Å²) in [5.74, 6) is -0.479. The van der Waals surface area contributed by atoms with Gasteiger partial charge in [0, 0.05) is 0 Å². The van der Waals surface area contributed by atoms with Gasteiger partial charge in [0.15, 0.2) is 0 Å². The summed E-state index contributed by atoms with van der Waals surface area (Å²) in [6, 6.07) is 22.3. The lowest BCUT2D eigenvalue weighted by Gasteiger charge is -2.31. The Balaban J connectivity index is 2.36. The third-order valence-electron chi connectivity index (χ3n) is 3.95. The van der Waals surface area contributed by atoms with Gasteiger partial charge in [-0.25, -0.2) is 0 Å². The number of pyridine rings is 1. The minimum Gasteiger partial charge on any atom is -0.397 e. The molecular weight excluding hydrogens is 286 g/mol. The molecule has 0 aliphatic heterocycles. The normalized spacial score (nSPS) is 11.1. The number of hydrogen-bond acceptors (Lipinski definition) is 3. The van der Waals surface area contributed by atoms with Gasteiger partial charge in [0.25, 0.3) is 0 Å². The van der Waals surface area contributed by atoms with Gasteiger partial charge < -0.3 is 11.5 Å². The molecule has 0 fully saturated rings. The van der Waals surface area contributed by atoms with Crippen LogP contribution in [0.15, 0.2) is 79.0 Å². The molecule has 0 saturated carbocycles. The van der Waals surface area contributed by atoms with Gasteiger partial charge in [0.05, 0.1) is 17.6 Å². The summed E-state index contributed by atoms with van der Waals surface area (Å²) in [6.45, 7) is 0. The van der Waals surface area contributed by atoms with E-state index >= 15 is 0 Å². The van der Waals surface area contributed by atoms with Crippen LogP contribution in [0.4, 0.5) is 5.69 Å². The fourth-order valence-corrected chi connectivity index (χ4v) is 2.88. The van der Waals surface area contributed by atoms with E-state index in [1.165, 1.54) is 0 Å². The van der Waals surface area contributed by atoms with Gasteiger partial charge in [0.1, 0.15) is 5.41 Å². The van der Waals surface area contributed by atoms with Gasteiger partial charge in [-0.2, -0.15) is 0 Å². The second-order valence-corrected chi connectivity index (χ2v) is 5.32.